The number of rotatable bonds is 7. The molecule has 0 atom stereocenters. The van der Waals surface area contributed by atoms with Gasteiger partial charge >= 0.3 is 6.18 Å². The lowest BCUT2D eigenvalue weighted by Crippen LogP contribution is -2.25. The lowest BCUT2D eigenvalue weighted by Gasteiger charge is -2.06. The van der Waals surface area contributed by atoms with Gasteiger partial charge in [0.05, 0.1) is 6.33 Å². The van der Waals surface area contributed by atoms with Crippen molar-refractivity contribution in [3.8, 4) is 0 Å². The minimum absolute atomic E-state index is 0.00535. The number of nitrogens with two attached hydrogens (primary N) is 1. The number of imidazole rings is 1. The normalized spacial score (nSPS) is 11.6. The van der Waals surface area contributed by atoms with E-state index in [-0.39, 0.29) is 31.0 Å². The van der Waals surface area contributed by atoms with Crippen LogP contribution in [0.25, 0.3) is 0 Å². The summed E-state index contributed by atoms with van der Waals surface area (Å²) in [6.45, 7) is 1.21. The Morgan fingerprint density at radius 3 is 2.79 bits per heavy atom. The summed E-state index contributed by atoms with van der Waals surface area (Å²) in [5.41, 5.74) is 5.59. The number of alkyl halides is 3. The van der Waals surface area contributed by atoms with Gasteiger partial charge in [-0.1, -0.05) is 0 Å². The zero-order valence-electron chi connectivity index (χ0n) is 10.4. The fraction of sp³-hybridized carbons (Fsp3) is 0.636. The van der Waals surface area contributed by atoms with Gasteiger partial charge in [-0.2, -0.15) is 13.2 Å². The molecule has 0 aliphatic carbocycles. The minimum atomic E-state index is -4.13. The molecule has 8 heteroatoms. The largest absolute Gasteiger partial charge is 0.389 e. The summed E-state index contributed by atoms with van der Waals surface area (Å²) in [5, 5.41) is 2.53. The Balaban J connectivity index is 2.23. The molecule has 1 rings (SSSR count). The molecule has 0 fully saturated rings. The molecule has 0 saturated heterocycles. The van der Waals surface area contributed by atoms with E-state index in [4.69, 9.17) is 5.73 Å². The van der Waals surface area contributed by atoms with Crippen molar-refractivity contribution >= 4 is 5.91 Å². The number of aromatic nitrogens is 2. The second-order valence-electron chi connectivity index (χ2n) is 4.11. The van der Waals surface area contributed by atoms with E-state index in [0.717, 1.165) is 0 Å². The summed E-state index contributed by atoms with van der Waals surface area (Å²) in [5.74, 6) is -0.386. The third-order valence-electron chi connectivity index (χ3n) is 2.43. The van der Waals surface area contributed by atoms with Crippen molar-refractivity contribution in [1.29, 1.82) is 0 Å². The van der Waals surface area contributed by atoms with Crippen molar-refractivity contribution in [2.75, 3.05) is 13.1 Å². The van der Waals surface area contributed by atoms with Crippen molar-refractivity contribution in [1.82, 2.24) is 14.9 Å². The maximum atomic E-state index is 11.9. The highest BCUT2D eigenvalue weighted by molar-refractivity contribution is 5.91. The average molecular weight is 278 g/mol. The van der Waals surface area contributed by atoms with Gasteiger partial charge in [0, 0.05) is 32.3 Å². The Labute approximate surface area is 109 Å². The summed E-state index contributed by atoms with van der Waals surface area (Å²) in [4.78, 5) is 15.5. The molecule has 0 saturated carbocycles. The van der Waals surface area contributed by atoms with Crippen molar-refractivity contribution < 1.29 is 18.0 Å². The van der Waals surface area contributed by atoms with Crippen LogP contribution in [0.3, 0.4) is 0 Å². The molecule has 1 amide bonds. The van der Waals surface area contributed by atoms with Gasteiger partial charge in [-0.05, 0) is 12.8 Å². The van der Waals surface area contributed by atoms with E-state index in [2.05, 4.69) is 10.3 Å². The highest BCUT2D eigenvalue weighted by atomic mass is 19.4. The molecule has 0 spiro atoms. The molecule has 108 valence electrons. The Morgan fingerprint density at radius 2 is 2.16 bits per heavy atom. The van der Waals surface area contributed by atoms with Crippen LogP contribution in [0.2, 0.25) is 0 Å². The summed E-state index contributed by atoms with van der Waals surface area (Å²) in [6.07, 6.45) is -1.62. The molecule has 5 nitrogen and oxygen atoms in total. The van der Waals surface area contributed by atoms with Crippen LogP contribution in [0.5, 0.6) is 0 Å². The zero-order chi connectivity index (χ0) is 14.3. The molecule has 0 radical (unpaired) electrons. The van der Waals surface area contributed by atoms with E-state index in [1.807, 2.05) is 0 Å². The first-order valence-corrected chi connectivity index (χ1v) is 5.99. The van der Waals surface area contributed by atoms with Crippen molar-refractivity contribution in [2.45, 2.75) is 32.0 Å². The number of amides is 1. The Hall–Kier alpha value is -1.57. The Morgan fingerprint density at radius 1 is 1.42 bits per heavy atom. The summed E-state index contributed by atoms with van der Waals surface area (Å²) in [6, 6.07) is 0. The standard InChI is InChI=1S/C11H17F3N4O/c12-11(13,14)3-1-2-5-16-10(19)9-7-18(6-4-15)8-17-9/h7-8H,1-6,15H2,(H,16,19). The van der Waals surface area contributed by atoms with E-state index < -0.39 is 12.6 Å². The first-order chi connectivity index (χ1) is 8.92. The lowest BCUT2D eigenvalue weighted by molar-refractivity contribution is -0.135. The van der Waals surface area contributed by atoms with E-state index >= 15 is 0 Å². The van der Waals surface area contributed by atoms with E-state index in [9.17, 15) is 18.0 Å². The number of hydrogen-bond acceptors (Lipinski definition) is 3. The molecule has 19 heavy (non-hydrogen) atoms. The van der Waals surface area contributed by atoms with E-state index in [1.165, 1.54) is 6.33 Å². The number of halogens is 3. The topological polar surface area (TPSA) is 72.9 Å². The predicted molar refractivity (Wildman–Crippen MR) is 63.5 cm³/mol. The molecule has 0 bridgehead atoms. The quantitative estimate of drug-likeness (QED) is 0.738. The number of carbonyl (C=O) groups is 1. The number of unbranched alkanes of at least 4 members (excludes halogenated alkanes) is 1. The molecule has 3 N–H and O–H groups in total. The predicted octanol–water partition coefficient (Wildman–Crippen LogP) is 1.30. The Kier molecular flexibility index (Phi) is 5.81. The SMILES string of the molecule is NCCn1cnc(C(=O)NCCCCC(F)(F)F)c1. The van der Waals surface area contributed by atoms with Gasteiger partial charge in [-0.3, -0.25) is 4.79 Å². The maximum Gasteiger partial charge on any atom is 0.389 e. The van der Waals surface area contributed by atoms with Crippen LogP contribution in [-0.2, 0) is 6.54 Å². The van der Waals surface area contributed by atoms with Gasteiger partial charge in [-0.15, -0.1) is 0 Å². The summed E-state index contributed by atoms with van der Waals surface area (Å²) >= 11 is 0. The van der Waals surface area contributed by atoms with Crippen molar-refractivity contribution in [2.24, 2.45) is 5.73 Å². The fourth-order valence-corrected chi connectivity index (χ4v) is 1.49. The smallest absolute Gasteiger partial charge is 0.351 e. The molecule has 1 heterocycles. The molecule has 0 unspecified atom stereocenters. The lowest BCUT2D eigenvalue weighted by atomic mass is 10.2. The minimum Gasteiger partial charge on any atom is -0.351 e. The van der Waals surface area contributed by atoms with Gasteiger partial charge in [0.1, 0.15) is 5.69 Å². The van der Waals surface area contributed by atoms with Gasteiger partial charge < -0.3 is 15.6 Å². The number of hydrogen-bond donors (Lipinski definition) is 2. The zero-order valence-corrected chi connectivity index (χ0v) is 10.4. The van der Waals surface area contributed by atoms with Gasteiger partial charge in [0.15, 0.2) is 0 Å². The van der Waals surface area contributed by atoms with Gasteiger partial charge in [0.2, 0.25) is 0 Å². The van der Waals surface area contributed by atoms with Crippen LogP contribution in [-0.4, -0.2) is 34.7 Å². The van der Waals surface area contributed by atoms with E-state index in [0.29, 0.717) is 13.1 Å². The molecular weight excluding hydrogens is 261 g/mol. The fourth-order valence-electron chi connectivity index (χ4n) is 1.49. The van der Waals surface area contributed by atoms with E-state index in [1.54, 1.807) is 10.8 Å². The average Bonchev–Trinajstić information content (AvgIpc) is 2.76. The molecule has 0 aliphatic rings. The highest BCUT2D eigenvalue weighted by Crippen LogP contribution is 2.21. The molecular formula is C11H17F3N4O. The first kappa shape index (κ1) is 15.5. The second kappa shape index (κ2) is 7.13. The third kappa shape index (κ3) is 6.23. The van der Waals surface area contributed by atoms with Gasteiger partial charge in [0.25, 0.3) is 5.91 Å². The van der Waals surface area contributed by atoms with Crippen LogP contribution in [0.1, 0.15) is 29.8 Å². The van der Waals surface area contributed by atoms with Crippen molar-refractivity contribution in [3.05, 3.63) is 18.2 Å². The first-order valence-electron chi connectivity index (χ1n) is 5.99. The van der Waals surface area contributed by atoms with Crippen LogP contribution in [0.4, 0.5) is 13.2 Å². The Bertz CT molecular complexity index is 403. The van der Waals surface area contributed by atoms with Crippen LogP contribution < -0.4 is 11.1 Å². The number of nitrogens with zero attached hydrogens (tertiary/aromatic N) is 2. The van der Waals surface area contributed by atoms with Gasteiger partial charge in [-0.25, -0.2) is 4.98 Å². The second-order valence-corrected chi connectivity index (χ2v) is 4.11. The summed E-state index contributed by atoms with van der Waals surface area (Å²) < 4.78 is 37.3. The number of nitrogens with one attached hydrogen (secondary N) is 1. The van der Waals surface area contributed by atoms with Crippen LogP contribution in [0.15, 0.2) is 12.5 Å². The monoisotopic (exact) mass is 278 g/mol. The van der Waals surface area contributed by atoms with Crippen molar-refractivity contribution in [3.63, 3.8) is 0 Å². The van der Waals surface area contributed by atoms with Crippen LogP contribution in [0, 0.1) is 0 Å². The molecule has 0 aliphatic heterocycles. The maximum absolute atomic E-state index is 11.9. The molecule has 1 aromatic heterocycles. The summed E-state index contributed by atoms with van der Waals surface area (Å²) in [7, 11) is 0. The molecule has 1 aromatic rings. The highest BCUT2D eigenvalue weighted by Gasteiger charge is 2.25. The number of carbonyl (C=O) groups excluding carboxylic acids is 1. The third-order valence-corrected chi connectivity index (χ3v) is 2.43. The molecule has 0 aromatic carbocycles. The van der Waals surface area contributed by atoms with Crippen LogP contribution >= 0.6 is 0 Å².